The molecule has 3 rings (SSSR count). The Labute approximate surface area is 151 Å². The topological polar surface area (TPSA) is 42.4 Å². The van der Waals surface area contributed by atoms with E-state index >= 15 is 0 Å². The van der Waals surface area contributed by atoms with Crippen LogP contribution in [0.3, 0.4) is 0 Å². The third-order valence-electron chi connectivity index (χ3n) is 3.97. The van der Waals surface area contributed by atoms with Crippen molar-refractivity contribution in [3.05, 3.63) is 65.0 Å². The van der Waals surface area contributed by atoms with Gasteiger partial charge in [-0.2, -0.15) is 0 Å². The van der Waals surface area contributed by atoms with Gasteiger partial charge in [0.1, 0.15) is 5.75 Å². The van der Waals surface area contributed by atoms with Crippen LogP contribution in [0.1, 0.15) is 22.8 Å². The number of carbonyl (C=O) groups excluding carboxylic acids is 1. The van der Waals surface area contributed by atoms with Crippen LogP contribution in [0.2, 0.25) is 0 Å². The summed E-state index contributed by atoms with van der Waals surface area (Å²) in [6, 6.07) is 15.4. The number of aryl methyl sites for hydroxylation is 1. The van der Waals surface area contributed by atoms with Crippen LogP contribution in [-0.2, 0) is 0 Å². The van der Waals surface area contributed by atoms with Gasteiger partial charge in [0.25, 0.3) is 5.91 Å². The number of thiazole rings is 1. The van der Waals surface area contributed by atoms with E-state index in [1.165, 1.54) is 11.3 Å². The summed E-state index contributed by atoms with van der Waals surface area (Å²) in [7, 11) is 1.64. The van der Waals surface area contributed by atoms with E-state index in [0.717, 1.165) is 22.6 Å². The quantitative estimate of drug-likeness (QED) is 0.663. The summed E-state index contributed by atoms with van der Waals surface area (Å²) in [5, 5.41) is 2.68. The first-order valence-electron chi connectivity index (χ1n) is 8.11. The number of methoxy groups -OCH3 is 1. The molecule has 0 bridgehead atoms. The van der Waals surface area contributed by atoms with E-state index in [0.29, 0.717) is 17.2 Å². The van der Waals surface area contributed by atoms with Crippen LogP contribution >= 0.6 is 11.3 Å². The van der Waals surface area contributed by atoms with E-state index in [1.54, 1.807) is 12.0 Å². The molecule has 0 radical (unpaired) electrons. The van der Waals surface area contributed by atoms with Crippen LogP contribution in [0.25, 0.3) is 11.3 Å². The lowest BCUT2D eigenvalue weighted by Crippen LogP contribution is -2.30. The van der Waals surface area contributed by atoms with Gasteiger partial charge >= 0.3 is 0 Å². The lowest BCUT2D eigenvalue weighted by Gasteiger charge is -2.17. The molecule has 0 unspecified atom stereocenters. The van der Waals surface area contributed by atoms with Gasteiger partial charge in [-0.25, -0.2) is 4.98 Å². The third-order valence-corrected chi connectivity index (χ3v) is 4.83. The average molecular weight is 352 g/mol. The minimum atomic E-state index is -0.0295. The number of amides is 1. The molecular weight excluding hydrogens is 332 g/mol. The highest BCUT2D eigenvalue weighted by atomic mass is 32.1. The normalized spacial score (nSPS) is 10.5. The molecule has 2 aromatic carbocycles. The number of anilines is 1. The number of nitrogens with zero attached hydrogens (tertiary/aromatic N) is 2. The van der Waals surface area contributed by atoms with Crippen molar-refractivity contribution >= 4 is 22.4 Å². The van der Waals surface area contributed by atoms with Gasteiger partial charge in [-0.15, -0.1) is 11.3 Å². The monoisotopic (exact) mass is 352 g/mol. The van der Waals surface area contributed by atoms with Gasteiger partial charge in [0, 0.05) is 23.1 Å². The standard InChI is InChI=1S/C20H20N2O2S/c1-4-22(19(23)16-7-5-14(2)6-8-16)20-21-18(13-25-20)15-9-11-17(24-3)12-10-15/h5-13H,4H2,1-3H3. The maximum Gasteiger partial charge on any atom is 0.260 e. The van der Waals surface area contributed by atoms with Crippen molar-refractivity contribution in [2.75, 3.05) is 18.6 Å². The summed E-state index contributed by atoms with van der Waals surface area (Å²) in [5.41, 5.74) is 3.67. The maximum atomic E-state index is 12.8. The number of rotatable bonds is 5. The highest BCUT2D eigenvalue weighted by Gasteiger charge is 2.19. The summed E-state index contributed by atoms with van der Waals surface area (Å²) < 4.78 is 5.18. The molecule has 128 valence electrons. The highest BCUT2D eigenvalue weighted by Crippen LogP contribution is 2.29. The van der Waals surface area contributed by atoms with E-state index in [2.05, 4.69) is 4.98 Å². The molecule has 1 amide bonds. The summed E-state index contributed by atoms with van der Waals surface area (Å²) in [6.45, 7) is 4.54. The van der Waals surface area contributed by atoms with E-state index in [1.807, 2.05) is 67.8 Å². The molecule has 1 heterocycles. The summed E-state index contributed by atoms with van der Waals surface area (Å²) in [4.78, 5) is 19.2. The predicted molar refractivity (Wildman–Crippen MR) is 103 cm³/mol. The largest absolute Gasteiger partial charge is 0.497 e. The molecule has 0 spiro atoms. The second-order valence-corrected chi connectivity index (χ2v) is 6.50. The van der Waals surface area contributed by atoms with Gasteiger partial charge in [-0.3, -0.25) is 9.69 Å². The van der Waals surface area contributed by atoms with Gasteiger partial charge in [0.2, 0.25) is 0 Å². The molecular formula is C20H20N2O2S. The van der Waals surface area contributed by atoms with Crippen molar-refractivity contribution in [2.45, 2.75) is 13.8 Å². The van der Waals surface area contributed by atoms with Crippen molar-refractivity contribution in [1.82, 2.24) is 4.98 Å². The fourth-order valence-corrected chi connectivity index (χ4v) is 3.40. The van der Waals surface area contributed by atoms with Crippen LogP contribution in [0.4, 0.5) is 5.13 Å². The van der Waals surface area contributed by atoms with Gasteiger partial charge in [-0.05, 0) is 50.2 Å². The summed E-state index contributed by atoms with van der Waals surface area (Å²) in [6.07, 6.45) is 0. The molecule has 4 nitrogen and oxygen atoms in total. The molecule has 5 heteroatoms. The zero-order valence-corrected chi connectivity index (χ0v) is 15.3. The number of ether oxygens (including phenoxy) is 1. The highest BCUT2D eigenvalue weighted by molar-refractivity contribution is 7.14. The molecule has 0 atom stereocenters. The smallest absolute Gasteiger partial charge is 0.260 e. The van der Waals surface area contributed by atoms with Crippen LogP contribution in [0.5, 0.6) is 5.75 Å². The molecule has 0 fully saturated rings. The number of aromatic nitrogens is 1. The van der Waals surface area contributed by atoms with Crippen LogP contribution in [-0.4, -0.2) is 24.5 Å². The molecule has 0 aliphatic carbocycles. The van der Waals surface area contributed by atoms with Gasteiger partial charge < -0.3 is 4.74 Å². The number of hydrogen-bond acceptors (Lipinski definition) is 4. The Hall–Kier alpha value is -2.66. The fraction of sp³-hybridized carbons (Fsp3) is 0.200. The molecule has 0 saturated heterocycles. The van der Waals surface area contributed by atoms with E-state index in [9.17, 15) is 4.79 Å². The Morgan fingerprint density at radius 2 is 1.80 bits per heavy atom. The lowest BCUT2D eigenvalue weighted by atomic mass is 10.1. The molecule has 0 saturated carbocycles. The Balaban J connectivity index is 1.85. The number of benzene rings is 2. The third kappa shape index (κ3) is 3.72. The summed E-state index contributed by atoms with van der Waals surface area (Å²) in [5.74, 6) is 0.780. The Bertz CT molecular complexity index is 854. The van der Waals surface area contributed by atoms with Crippen molar-refractivity contribution < 1.29 is 9.53 Å². The van der Waals surface area contributed by atoms with Crippen molar-refractivity contribution in [3.8, 4) is 17.0 Å². The number of hydrogen-bond donors (Lipinski definition) is 0. The van der Waals surface area contributed by atoms with Crippen LogP contribution < -0.4 is 9.64 Å². The molecule has 3 aromatic rings. The van der Waals surface area contributed by atoms with Crippen LogP contribution in [0, 0.1) is 6.92 Å². The molecule has 0 N–H and O–H groups in total. The lowest BCUT2D eigenvalue weighted by molar-refractivity contribution is 0.0988. The fourth-order valence-electron chi connectivity index (χ4n) is 2.50. The van der Waals surface area contributed by atoms with Crippen molar-refractivity contribution in [3.63, 3.8) is 0 Å². The summed E-state index contributed by atoms with van der Waals surface area (Å²) >= 11 is 1.48. The zero-order valence-electron chi connectivity index (χ0n) is 14.5. The first kappa shape index (κ1) is 17.2. The first-order chi connectivity index (χ1) is 12.1. The number of carbonyl (C=O) groups is 1. The minimum absolute atomic E-state index is 0.0295. The van der Waals surface area contributed by atoms with E-state index in [-0.39, 0.29) is 5.91 Å². The van der Waals surface area contributed by atoms with Gasteiger partial charge in [-0.1, -0.05) is 17.7 Å². The molecule has 0 aliphatic rings. The minimum Gasteiger partial charge on any atom is -0.497 e. The van der Waals surface area contributed by atoms with Crippen LogP contribution in [0.15, 0.2) is 53.9 Å². The zero-order chi connectivity index (χ0) is 17.8. The molecule has 1 aromatic heterocycles. The van der Waals surface area contributed by atoms with Crippen molar-refractivity contribution in [2.24, 2.45) is 0 Å². The second-order valence-electron chi connectivity index (χ2n) is 5.66. The average Bonchev–Trinajstić information content (AvgIpc) is 3.12. The van der Waals surface area contributed by atoms with Gasteiger partial charge in [0.15, 0.2) is 5.13 Å². The Kier molecular flexibility index (Phi) is 5.14. The Morgan fingerprint density at radius 1 is 1.12 bits per heavy atom. The SMILES string of the molecule is CCN(C(=O)c1ccc(C)cc1)c1nc(-c2ccc(OC)cc2)cs1. The predicted octanol–water partition coefficient (Wildman–Crippen LogP) is 4.79. The maximum absolute atomic E-state index is 12.8. The van der Waals surface area contributed by atoms with E-state index in [4.69, 9.17) is 4.74 Å². The Morgan fingerprint density at radius 3 is 2.40 bits per heavy atom. The first-order valence-corrected chi connectivity index (χ1v) is 8.99. The molecule has 25 heavy (non-hydrogen) atoms. The molecule has 0 aliphatic heterocycles. The van der Waals surface area contributed by atoms with Gasteiger partial charge in [0.05, 0.1) is 12.8 Å². The van der Waals surface area contributed by atoms with E-state index < -0.39 is 0 Å². The van der Waals surface area contributed by atoms with Crippen molar-refractivity contribution in [1.29, 1.82) is 0 Å². The second kappa shape index (κ2) is 7.49.